The number of thioether (sulfide) groups is 1. The van der Waals surface area contributed by atoms with Crippen LogP contribution >= 0.6 is 11.8 Å². The fourth-order valence-corrected chi connectivity index (χ4v) is 1.57. The third-order valence-electron chi connectivity index (χ3n) is 2.43. The topological polar surface area (TPSA) is 82.6 Å². The smallest absolute Gasteiger partial charge is 0.335 e. The molecule has 3 N–H and O–H groups in total. The maximum Gasteiger partial charge on any atom is 0.343 e. The van der Waals surface area contributed by atoms with E-state index in [1.807, 2.05) is 0 Å². The van der Waals surface area contributed by atoms with Gasteiger partial charge in [0, 0.05) is 12.1 Å². The van der Waals surface area contributed by atoms with E-state index in [4.69, 9.17) is 0 Å². The van der Waals surface area contributed by atoms with E-state index in [2.05, 4.69) is 20.9 Å². The van der Waals surface area contributed by atoms with Gasteiger partial charge in [-0.2, -0.15) is 4.99 Å². The first-order valence-electron chi connectivity index (χ1n) is 5.68. The lowest BCUT2D eigenvalue weighted by Crippen LogP contribution is -2.40. The molecule has 2 aliphatic rings. The van der Waals surface area contributed by atoms with Crippen LogP contribution in [0.15, 0.2) is 4.99 Å². The molecule has 7 heteroatoms. The number of amides is 4. The molecule has 0 aliphatic heterocycles. The second kappa shape index (κ2) is 5.39. The van der Waals surface area contributed by atoms with Crippen LogP contribution in [-0.2, 0) is 0 Å². The minimum absolute atomic E-state index is 0.273. The van der Waals surface area contributed by atoms with Crippen molar-refractivity contribution < 1.29 is 9.59 Å². The Kier molecular flexibility index (Phi) is 3.88. The van der Waals surface area contributed by atoms with E-state index in [1.165, 1.54) is 11.8 Å². The van der Waals surface area contributed by atoms with Crippen molar-refractivity contribution in [3.8, 4) is 0 Å². The van der Waals surface area contributed by atoms with Crippen LogP contribution in [0.2, 0.25) is 0 Å². The van der Waals surface area contributed by atoms with Crippen molar-refractivity contribution in [1.29, 1.82) is 0 Å². The van der Waals surface area contributed by atoms with Crippen LogP contribution < -0.4 is 16.0 Å². The van der Waals surface area contributed by atoms with Gasteiger partial charge in [-0.1, -0.05) is 11.8 Å². The van der Waals surface area contributed by atoms with Gasteiger partial charge in [0.2, 0.25) is 0 Å². The first-order valence-corrected chi connectivity index (χ1v) is 6.90. The predicted molar refractivity (Wildman–Crippen MR) is 67.2 cm³/mol. The molecular formula is C10H16N4O2S. The molecule has 94 valence electrons. The Labute approximate surface area is 104 Å². The number of amidine groups is 1. The zero-order valence-corrected chi connectivity index (χ0v) is 10.5. The SMILES string of the molecule is CSC(=NC(=O)NC1CC1)NC(=O)NC1CC1. The Balaban J connectivity index is 1.78. The van der Waals surface area contributed by atoms with E-state index in [1.54, 1.807) is 6.26 Å². The van der Waals surface area contributed by atoms with Crippen molar-refractivity contribution in [2.24, 2.45) is 4.99 Å². The fraction of sp³-hybridized carbons (Fsp3) is 0.700. The summed E-state index contributed by atoms with van der Waals surface area (Å²) in [6, 6.07) is -0.114. The molecule has 0 spiro atoms. The van der Waals surface area contributed by atoms with Crippen molar-refractivity contribution >= 4 is 29.0 Å². The van der Waals surface area contributed by atoms with Crippen LogP contribution in [0.1, 0.15) is 25.7 Å². The largest absolute Gasteiger partial charge is 0.343 e. The van der Waals surface area contributed by atoms with Gasteiger partial charge in [0.25, 0.3) is 0 Å². The number of carbonyl (C=O) groups is 2. The average Bonchev–Trinajstić information content (AvgIpc) is 3.12. The van der Waals surface area contributed by atoms with E-state index < -0.39 is 0 Å². The van der Waals surface area contributed by atoms with E-state index >= 15 is 0 Å². The third kappa shape index (κ3) is 4.64. The standard InChI is InChI=1S/C10H16N4O2S/c1-17-10(13-8(15)11-6-2-3-6)14-9(16)12-7-4-5-7/h6-7H,2-5H2,1H3,(H3,11,12,13,14,15,16). The Bertz CT molecular complexity index is 350. The molecule has 2 saturated carbocycles. The highest BCUT2D eigenvalue weighted by Crippen LogP contribution is 2.19. The molecule has 0 aromatic carbocycles. The molecule has 17 heavy (non-hydrogen) atoms. The molecule has 0 saturated heterocycles. The highest BCUT2D eigenvalue weighted by Gasteiger charge is 2.25. The molecule has 0 unspecified atom stereocenters. The quantitative estimate of drug-likeness (QED) is 0.510. The molecule has 2 fully saturated rings. The summed E-state index contributed by atoms with van der Waals surface area (Å²) >= 11 is 1.24. The summed E-state index contributed by atoms with van der Waals surface area (Å²) in [4.78, 5) is 26.6. The fourth-order valence-electron chi connectivity index (χ4n) is 1.20. The molecule has 2 rings (SSSR count). The number of nitrogens with one attached hydrogen (secondary N) is 3. The van der Waals surface area contributed by atoms with Crippen molar-refractivity contribution in [2.45, 2.75) is 37.8 Å². The summed E-state index contributed by atoms with van der Waals surface area (Å²) < 4.78 is 0. The van der Waals surface area contributed by atoms with Gasteiger partial charge >= 0.3 is 12.1 Å². The second-order valence-electron chi connectivity index (χ2n) is 4.22. The number of aliphatic imine (C=N–C) groups is 1. The van der Waals surface area contributed by atoms with Crippen molar-refractivity contribution in [1.82, 2.24) is 16.0 Å². The molecular weight excluding hydrogens is 240 g/mol. The van der Waals surface area contributed by atoms with Crippen molar-refractivity contribution in [2.75, 3.05) is 6.26 Å². The Hall–Kier alpha value is -1.24. The van der Waals surface area contributed by atoms with Gasteiger partial charge < -0.3 is 10.6 Å². The Morgan fingerprint density at radius 2 is 1.71 bits per heavy atom. The lowest BCUT2D eigenvalue weighted by molar-refractivity contribution is 0.245. The Morgan fingerprint density at radius 3 is 2.24 bits per heavy atom. The summed E-state index contributed by atoms with van der Waals surface area (Å²) in [7, 11) is 0. The molecule has 0 aromatic heterocycles. The van der Waals surface area contributed by atoms with E-state index in [0.29, 0.717) is 11.2 Å². The molecule has 6 nitrogen and oxygen atoms in total. The summed E-state index contributed by atoms with van der Waals surface area (Å²) in [6.07, 6.45) is 5.86. The Morgan fingerprint density at radius 1 is 1.12 bits per heavy atom. The van der Waals surface area contributed by atoms with Crippen LogP contribution in [0.25, 0.3) is 0 Å². The monoisotopic (exact) mass is 256 g/mol. The van der Waals surface area contributed by atoms with Gasteiger partial charge in [-0.15, -0.1) is 0 Å². The lowest BCUT2D eigenvalue weighted by atomic mass is 10.7. The van der Waals surface area contributed by atoms with Crippen LogP contribution in [0.3, 0.4) is 0 Å². The highest BCUT2D eigenvalue weighted by atomic mass is 32.2. The highest BCUT2D eigenvalue weighted by molar-refractivity contribution is 8.13. The summed E-state index contributed by atoms with van der Waals surface area (Å²) in [6.45, 7) is 0. The van der Waals surface area contributed by atoms with Gasteiger partial charge in [-0.25, -0.2) is 9.59 Å². The first kappa shape index (κ1) is 12.2. The lowest BCUT2D eigenvalue weighted by Gasteiger charge is -2.07. The summed E-state index contributed by atoms with van der Waals surface area (Å²) in [5.74, 6) is 0. The van der Waals surface area contributed by atoms with Crippen molar-refractivity contribution in [3.63, 3.8) is 0 Å². The van der Waals surface area contributed by atoms with E-state index in [0.717, 1.165) is 25.7 Å². The molecule has 4 amide bonds. The average molecular weight is 256 g/mol. The number of hydrogen-bond donors (Lipinski definition) is 3. The van der Waals surface area contributed by atoms with Crippen LogP contribution in [0, 0.1) is 0 Å². The van der Waals surface area contributed by atoms with Crippen molar-refractivity contribution in [3.05, 3.63) is 0 Å². The molecule has 0 heterocycles. The normalized spacial score (nSPS) is 19.7. The molecule has 0 radical (unpaired) electrons. The summed E-state index contributed by atoms with van der Waals surface area (Å²) in [5, 5.41) is 8.39. The molecule has 2 aliphatic carbocycles. The minimum atomic E-state index is -0.386. The number of rotatable bonds is 2. The third-order valence-corrected chi connectivity index (χ3v) is 3.01. The van der Waals surface area contributed by atoms with Crippen LogP contribution in [-0.4, -0.2) is 35.6 Å². The van der Waals surface area contributed by atoms with Gasteiger partial charge in [0.05, 0.1) is 0 Å². The second-order valence-corrected chi connectivity index (χ2v) is 5.01. The maximum atomic E-state index is 11.4. The first-order chi connectivity index (χ1) is 8.17. The number of nitrogens with zero attached hydrogens (tertiary/aromatic N) is 1. The molecule has 0 bridgehead atoms. The minimum Gasteiger partial charge on any atom is -0.335 e. The number of carbonyl (C=O) groups excluding carboxylic acids is 2. The summed E-state index contributed by atoms with van der Waals surface area (Å²) in [5.41, 5.74) is 0. The molecule has 0 aromatic rings. The van der Waals surface area contributed by atoms with E-state index in [-0.39, 0.29) is 18.1 Å². The van der Waals surface area contributed by atoms with Crippen LogP contribution in [0.4, 0.5) is 9.59 Å². The molecule has 0 atom stereocenters. The van der Waals surface area contributed by atoms with Gasteiger partial charge in [-0.3, -0.25) is 5.32 Å². The predicted octanol–water partition coefficient (Wildman–Crippen LogP) is 1.04. The maximum absolute atomic E-state index is 11.4. The van der Waals surface area contributed by atoms with E-state index in [9.17, 15) is 9.59 Å². The van der Waals surface area contributed by atoms with Gasteiger partial charge in [0.15, 0.2) is 5.17 Å². The van der Waals surface area contributed by atoms with Gasteiger partial charge in [-0.05, 0) is 31.9 Å². The van der Waals surface area contributed by atoms with Crippen LogP contribution in [0.5, 0.6) is 0 Å². The van der Waals surface area contributed by atoms with Gasteiger partial charge in [0.1, 0.15) is 0 Å². The zero-order chi connectivity index (χ0) is 12.3. The zero-order valence-electron chi connectivity index (χ0n) is 9.66. The number of hydrogen-bond acceptors (Lipinski definition) is 3. The number of urea groups is 2.